The molecule has 0 spiro atoms. The number of hydrogen-bond acceptors (Lipinski definition) is 2. The molecule has 1 unspecified atom stereocenters. The zero-order valence-electron chi connectivity index (χ0n) is 9.25. The van der Waals surface area contributed by atoms with Crippen molar-refractivity contribution in [1.82, 2.24) is 0 Å². The third-order valence-electron chi connectivity index (χ3n) is 3.16. The predicted molar refractivity (Wildman–Crippen MR) is 59.3 cm³/mol. The third kappa shape index (κ3) is 1.89. The zero-order chi connectivity index (χ0) is 10.8. The van der Waals surface area contributed by atoms with E-state index in [0.29, 0.717) is 5.78 Å². The topological polar surface area (TPSA) is 26.3 Å². The van der Waals surface area contributed by atoms with Crippen LogP contribution in [0.1, 0.15) is 36.3 Å². The van der Waals surface area contributed by atoms with Crippen LogP contribution in [-0.2, 0) is 4.79 Å². The van der Waals surface area contributed by atoms with Crippen LogP contribution in [0, 0.1) is 6.92 Å². The summed E-state index contributed by atoms with van der Waals surface area (Å²) in [4.78, 5) is 11.7. The number of carbonyl (C=O) groups is 1. The Hall–Kier alpha value is -1.31. The fourth-order valence-corrected chi connectivity index (χ4v) is 2.31. The maximum Gasteiger partial charge on any atom is 0.140 e. The molecule has 2 nitrogen and oxygen atoms in total. The molecule has 0 heterocycles. The summed E-state index contributed by atoms with van der Waals surface area (Å²) >= 11 is 0. The van der Waals surface area contributed by atoms with Gasteiger partial charge in [-0.2, -0.15) is 0 Å². The number of carbonyl (C=O) groups excluding carboxylic acids is 1. The molecule has 1 atom stereocenters. The molecule has 1 aromatic carbocycles. The van der Waals surface area contributed by atoms with E-state index in [1.54, 1.807) is 7.11 Å². The van der Waals surface area contributed by atoms with Gasteiger partial charge in [-0.3, -0.25) is 4.79 Å². The second-order valence-corrected chi connectivity index (χ2v) is 4.13. The van der Waals surface area contributed by atoms with Crippen LogP contribution in [0.15, 0.2) is 18.2 Å². The van der Waals surface area contributed by atoms with Gasteiger partial charge in [0.25, 0.3) is 0 Å². The molecular weight excluding hydrogens is 188 g/mol. The van der Waals surface area contributed by atoms with E-state index >= 15 is 0 Å². The standard InChI is InChI=1S/C13H16O2/c1-9-8-10(15-2)6-7-11(9)12-4-3-5-13(12)14/h6-8,12H,3-5H2,1-2H3. The Morgan fingerprint density at radius 2 is 2.20 bits per heavy atom. The second-order valence-electron chi connectivity index (χ2n) is 4.13. The Morgan fingerprint density at radius 1 is 1.40 bits per heavy atom. The van der Waals surface area contributed by atoms with E-state index in [4.69, 9.17) is 4.74 Å². The lowest BCUT2D eigenvalue weighted by molar-refractivity contribution is -0.118. The van der Waals surface area contributed by atoms with Crippen molar-refractivity contribution in [1.29, 1.82) is 0 Å². The van der Waals surface area contributed by atoms with Crippen LogP contribution < -0.4 is 4.74 Å². The monoisotopic (exact) mass is 204 g/mol. The quantitative estimate of drug-likeness (QED) is 0.740. The minimum Gasteiger partial charge on any atom is -0.497 e. The van der Waals surface area contributed by atoms with Crippen molar-refractivity contribution in [2.45, 2.75) is 32.1 Å². The summed E-state index contributed by atoms with van der Waals surface area (Å²) in [5, 5.41) is 0. The summed E-state index contributed by atoms with van der Waals surface area (Å²) in [6.45, 7) is 2.05. The average molecular weight is 204 g/mol. The number of benzene rings is 1. The van der Waals surface area contributed by atoms with Crippen LogP contribution in [0.25, 0.3) is 0 Å². The minimum absolute atomic E-state index is 0.135. The normalized spacial score (nSPS) is 20.7. The summed E-state index contributed by atoms with van der Waals surface area (Å²) in [6, 6.07) is 5.97. The van der Waals surface area contributed by atoms with Crippen molar-refractivity contribution in [3.8, 4) is 5.75 Å². The van der Waals surface area contributed by atoms with Gasteiger partial charge in [0.2, 0.25) is 0 Å². The molecule has 0 aromatic heterocycles. The van der Waals surface area contributed by atoms with Gasteiger partial charge in [0.05, 0.1) is 7.11 Å². The van der Waals surface area contributed by atoms with Gasteiger partial charge >= 0.3 is 0 Å². The first-order valence-corrected chi connectivity index (χ1v) is 5.39. The highest BCUT2D eigenvalue weighted by molar-refractivity contribution is 5.88. The van der Waals surface area contributed by atoms with Gasteiger partial charge < -0.3 is 4.74 Å². The maximum atomic E-state index is 11.7. The average Bonchev–Trinajstić information content (AvgIpc) is 2.64. The summed E-state index contributed by atoms with van der Waals surface area (Å²) in [7, 11) is 1.66. The number of Topliss-reactive ketones (excluding diaryl/α,β-unsaturated/α-hetero) is 1. The SMILES string of the molecule is COc1ccc(C2CCCC2=O)c(C)c1. The first-order chi connectivity index (χ1) is 7.22. The van der Waals surface area contributed by atoms with Gasteiger partial charge in [-0.25, -0.2) is 0 Å². The Kier molecular flexibility index (Phi) is 2.76. The van der Waals surface area contributed by atoms with Gasteiger partial charge in [-0.1, -0.05) is 6.07 Å². The van der Waals surface area contributed by atoms with Crippen molar-refractivity contribution in [3.63, 3.8) is 0 Å². The first kappa shape index (κ1) is 10.2. The highest BCUT2D eigenvalue weighted by Crippen LogP contribution is 2.34. The Balaban J connectivity index is 2.32. The fourth-order valence-electron chi connectivity index (χ4n) is 2.31. The van der Waals surface area contributed by atoms with E-state index in [-0.39, 0.29) is 5.92 Å². The van der Waals surface area contributed by atoms with Crippen LogP contribution >= 0.6 is 0 Å². The molecule has 0 bridgehead atoms. The van der Waals surface area contributed by atoms with Crippen molar-refractivity contribution in [2.75, 3.05) is 7.11 Å². The minimum atomic E-state index is 0.135. The van der Waals surface area contributed by atoms with E-state index in [0.717, 1.165) is 30.6 Å². The second kappa shape index (κ2) is 4.05. The van der Waals surface area contributed by atoms with Gasteiger partial charge in [0, 0.05) is 12.3 Å². The van der Waals surface area contributed by atoms with Crippen molar-refractivity contribution in [2.24, 2.45) is 0 Å². The van der Waals surface area contributed by atoms with Crippen LogP contribution in [0.3, 0.4) is 0 Å². The molecule has 1 saturated carbocycles. The fraction of sp³-hybridized carbons (Fsp3) is 0.462. The lowest BCUT2D eigenvalue weighted by atomic mass is 9.93. The molecular formula is C13H16O2. The number of ether oxygens (including phenoxy) is 1. The van der Waals surface area contributed by atoms with Gasteiger partial charge in [-0.05, 0) is 43.0 Å². The molecule has 0 N–H and O–H groups in total. The molecule has 2 rings (SSSR count). The van der Waals surface area contributed by atoms with Gasteiger partial charge in [0.15, 0.2) is 0 Å². The van der Waals surface area contributed by atoms with E-state index in [1.807, 2.05) is 25.1 Å². The van der Waals surface area contributed by atoms with E-state index in [1.165, 1.54) is 5.56 Å². The number of methoxy groups -OCH3 is 1. The smallest absolute Gasteiger partial charge is 0.140 e. The van der Waals surface area contributed by atoms with Crippen LogP contribution in [0.5, 0.6) is 5.75 Å². The highest BCUT2D eigenvalue weighted by Gasteiger charge is 2.26. The largest absolute Gasteiger partial charge is 0.497 e. The Labute approximate surface area is 90.3 Å². The number of hydrogen-bond donors (Lipinski definition) is 0. The molecule has 1 fully saturated rings. The van der Waals surface area contributed by atoms with Crippen molar-refractivity contribution >= 4 is 5.78 Å². The summed E-state index contributed by atoms with van der Waals surface area (Å²) in [5.74, 6) is 1.39. The molecule has 0 amide bonds. The molecule has 80 valence electrons. The Bertz CT molecular complexity index is 382. The van der Waals surface area contributed by atoms with Crippen LogP contribution in [0.2, 0.25) is 0 Å². The number of ketones is 1. The lowest BCUT2D eigenvalue weighted by Gasteiger charge is -2.12. The van der Waals surface area contributed by atoms with E-state index < -0.39 is 0 Å². The van der Waals surface area contributed by atoms with E-state index in [2.05, 4.69) is 0 Å². The molecule has 1 aromatic rings. The predicted octanol–water partition coefficient (Wildman–Crippen LogP) is 2.84. The summed E-state index contributed by atoms with van der Waals surface area (Å²) in [6.07, 6.45) is 2.79. The zero-order valence-corrected chi connectivity index (χ0v) is 9.25. The van der Waals surface area contributed by atoms with Gasteiger partial charge in [0.1, 0.15) is 11.5 Å². The highest BCUT2D eigenvalue weighted by atomic mass is 16.5. The third-order valence-corrected chi connectivity index (χ3v) is 3.16. The molecule has 0 saturated heterocycles. The molecule has 1 aliphatic rings. The lowest BCUT2D eigenvalue weighted by Crippen LogP contribution is -2.06. The number of aryl methyl sites for hydroxylation is 1. The van der Waals surface area contributed by atoms with E-state index in [9.17, 15) is 4.79 Å². The van der Waals surface area contributed by atoms with Crippen LogP contribution in [0.4, 0.5) is 0 Å². The molecule has 1 aliphatic carbocycles. The first-order valence-electron chi connectivity index (χ1n) is 5.39. The number of rotatable bonds is 2. The molecule has 0 aliphatic heterocycles. The summed E-state index contributed by atoms with van der Waals surface area (Å²) in [5.41, 5.74) is 2.34. The molecule has 2 heteroatoms. The van der Waals surface area contributed by atoms with Crippen molar-refractivity contribution in [3.05, 3.63) is 29.3 Å². The molecule has 0 radical (unpaired) electrons. The van der Waals surface area contributed by atoms with Gasteiger partial charge in [-0.15, -0.1) is 0 Å². The molecule has 15 heavy (non-hydrogen) atoms. The summed E-state index contributed by atoms with van der Waals surface area (Å²) < 4.78 is 5.15. The maximum absolute atomic E-state index is 11.7. The van der Waals surface area contributed by atoms with Crippen molar-refractivity contribution < 1.29 is 9.53 Å². The Morgan fingerprint density at radius 3 is 2.73 bits per heavy atom. The van der Waals surface area contributed by atoms with Crippen LogP contribution in [-0.4, -0.2) is 12.9 Å².